The van der Waals surface area contributed by atoms with E-state index in [9.17, 15) is 9.59 Å². The summed E-state index contributed by atoms with van der Waals surface area (Å²) in [6, 6.07) is 8.81. The molecule has 1 aromatic carbocycles. The second kappa shape index (κ2) is 8.94. The standard InChI is InChI=1S/C22H23N3O5/c1-14-19(18(26)11-12-28-14)29-13-15-7-9-16(10-8-15)20-24-22(30-25-20)21(27)23-17-5-3-2-4-6-17/h7-12,17H,2-6,13H2,1H3,(H,23,27). The number of nitrogens with one attached hydrogen (secondary N) is 1. The second-order valence-corrected chi connectivity index (χ2v) is 7.39. The molecule has 156 valence electrons. The highest BCUT2D eigenvalue weighted by Gasteiger charge is 2.21. The van der Waals surface area contributed by atoms with E-state index in [0.29, 0.717) is 11.6 Å². The number of rotatable bonds is 6. The Hall–Kier alpha value is -3.42. The van der Waals surface area contributed by atoms with Gasteiger partial charge in [0.25, 0.3) is 0 Å². The summed E-state index contributed by atoms with van der Waals surface area (Å²) in [6.45, 7) is 1.90. The maximum absolute atomic E-state index is 12.3. The molecule has 1 N–H and O–H groups in total. The number of hydrogen-bond acceptors (Lipinski definition) is 7. The fraction of sp³-hybridized carbons (Fsp3) is 0.364. The molecule has 1 saturated carbocycles. The van der Waals surface area contributed by atoms with Crippen molar-refractivity contribution >= 4 is 5.91 Å². The Balaban J connectivity index is 1.38. The molecule has 0 atom stereocenters. The SMILES string of the molecule is Cc1occc(=O)c1OCc1ccc(-c2noc(C(=O)NC3CCCCC3)n2)cc1. The molecule has 1 aliphatic rings. The number of aromatic nitrogens is 2. The van der Waals surface area contributed by atoms with E-state index in [1.165, 1.54) is 18.8 Å². The van der Waals surface area contributed by atoms with Crippen LogP contribution in [-0.4, -0.2) is 22.1 Å². The maximum atomic E-state index is 12.3. The zero-order valence-corrected chi connectivity index (χ0v) is 16.7. The summed E-state index contributed by atoms with van der Waals surface area (Å²) in [7, 11) is 0. The first-order valence-electron chi connectivity index (χ1n) is 10.1. The Morgan fingerprint density at radius 1 is 1.17 bits per heavy atom. The molecule has 8 nitrogen and oxygen atoms in total. The van der Waals surface area contributed by atoms with Crippen molar-refractivity contribution < 1.29 is 18.5 Å². The lowest BCUT2D eigenvalue weighted by atomic mass is 9.95. The Kier molecular flexibility index (Phi) is 5.92. The summed E-state index contributed by atoms with van der Waals surface area (Å²) in [4.78, 5) is 28.4. The van der Waals surface area contributed by atoms with Crippen LogP contribution in [0.1, 0.15) is 54.1 Å². The Labute approximate surface area is 173 Å². The lowest BCUT2D eigenvalue weighted by Crippen LogP contribution is -2.36. The number of hydrogen-bond donors (Lipinski definition) is 1. The average Bonchev–Trinajstić information content (AvgIpc) is 3.25. The van der Waals surface area contributed by atoms with Crippen LogP contribution >= 0.6 is 0 Å². The van der Waals surface area contributed by atoms with Crippen LogP contribution in [0.5, 0.6) is 5.75 Å². The number of carbonyl (C=O) groups excluding carboxylic acids is 1. The molecule has 2 heterocycles. The fourth-order valence-corrected chi connectivity index (χ4v) is 3.51. The van der Waals surface area contributed by atoms with Gasteiger partial charge in [-0.1, -0.05) is 48.7 Å². The van der Waals surface area contributed by atoms with Crippen molar-refractivity contribution in [2.75, 3.05) is 0 Å². The van der Waals surface area contributed by atoms with E-state index in [0.717, 1.165) is 36.8 Å². The van der Waals surface area contributed by atoms with Crippen molar-refractivity contribution in [3.8, 4) is 17.1 Å². The van der Waals surface area contributed by atoms with Gasteiger partial charge in [-0.3, -0.25) is 9.59 Å². The van der Waals surface area contributed by atoms with Crippen LogP contribution in [0.2, 0.25) is 0 Å². The molecule has 0 radical (unpaired) electrons. The Morgan fingerprint density at radius 2 is 1.93 bits per heavy atom. The van der Waals surface area contributed by atoms with Crippen molar-refractivity contribution in [1.82, 2.24) is 15.5 Å². The molecule has 0 unspecified atom stereocenters. The van der Waals surface area contributed by atoms with Gasteiger partial charge in [-0.05, 0) is 25.3 Å². The van der Waals surface area contributed by atoms with Crippen molar-refractivity contribution in [1.29, 1.82) is 0 Å². The number of aryl methyl sites for hydroxylation is 1. The predicted octanol–water partition coefficient (Wildman–Crippen LogP) is 3.64. The number of carbonyl (C=O) groups is 1. The molecular formula is C22H23N3O5. The van der Waals surface area contributed by atoms with E-state index in [1.54, 1.807) is 6.92 Å². The van der Waals surface area contributed by atoms with Crippen LogP contribution in [0.3, 0.4) is 0 Å². The first-order chi connectivity index (χ1) is 14.6. The second-order valence-electron chi connectivity index (χ2n) is 7.39. The van der Waals surface area contributed by atoms with E-state index in [-0.39, 0.29) is 35.6 Å². The first kappa shape index (κ1) is 19.9. The quantitative estimate of drug-likeness (QED) is 0.662. The van der Waals surface area contributed by atoms with Gasteiger partial charge in [0.05, 0.1) is 6.26 Å². The summed E-state index contributed by atoms with van der Waals surface area (Å²) < 4.78 is 15.9. The van der Waals surface area contributed by atoms with Crippen molar-refractivity contribution in [3.63, 3.8) is 0 Å². The number of ether oxygens (including phenoxy) is 1. The number of amides is 1. The average molecular weight is 409 g/mol. The Morgan fingerprint density at radius 3 is 2.67 bits per heavy atom. The van der Waals surface area contributed by atoms with E-state index in [1.807, 2.05) is 24.3 Å². The third-order valence-electron chi connectivity index (χ3n) is 5.16. The summed E-state index contributed by atoms with van der Waals surface area (Å²) in [5.74, 6) is 0.617. The third kappa shape index (κ3) is 4.59. The van der Waals surface area contributed by atoms with Gasteiger partial charge < -0.3 is 19.0 Å². The van der Waals surface area contributed by atoms with Gasteiger partial charge in [-0.25, -0.2) is 0 Å². The summed E-state index contributed by atoms with van der Waals surface area (Å²) >= 11 is 0. The fourth-order valence-electron chi connectivity index (χ4n) is 3.51. The van der Waals surface area contributed by atoms with Gasteiger partial charge in [-0.15, -0.1) is 0 Å². The van der Waals surface area contributed by atoms with Gasteiger partial charge in [-0.2, -0.15) is 4.98 Å². The first-order valence-corrected chi connectivity index (χ1v) is 10.1. The molecule has 1 amide bonds. The van der Waals surface area contributed by atoms with Crippen molar-refractivity contribution in [3.05, 3.63) is 64.0 Å². The molecule has 0 spiro atoms. The normalized spacial score (nSPS) is 14.4. The molecule has 4 rings (SSSR count). The van der Waals surface area contributed by atoms with Gasteiger partial charge >= 0.3 is 11.8 Å². The number of benzene rings is 1. The van der Waals surface area contributed by atoms with Crippen LogP contribution in [0, 0.1) is 6.92 Å². The smallest absolute Gasteiger partial charge is 0.316 e. The Bertz CT molecular complexity index is 1060. The highest BCUT2D eigenvalue weighted by molar-refractivity contribution is 5.90. The zero-order valence-electron chi connectivity index (χ0n) is 16.7. The van der Waals surface area contributed by atoms with Crippen molar-refractivity contribution in [2.24, 2.45) is 0 Å². The van der Waals surface area contributed by atoms with E-state index in [4.69, 9.17) is 13.7 Å². The minimum atomic E-state index is -0.331. The van der Waals surface area contributed by atoms with Crippen LogP contribution in [0.25, 0.3) is 11.4 Å². The highest BCUT2D eigenvalue weighted by Crippen LogP contribution is 2.20. The topological polar surface area (TPSA) is 107 Å². The number of nitrogens with zero attached hydrogens (tertiary/aromatic N) is 2. The van der Waals surface area contributed by atoms with Gasteiger partial charge in [0.2, 0.25) is 17.0 Å². The van der Waals surface area contributed by atoms with E-state index in [2.05, 4.69) is 15.5 Å². The molecule has 1 fully saturated rings. The maximum Gasteiger partial charge on any atom is 0.316 e. The minimum Gasteiger partial charge on any atom is -0.482 e. The minimum absolute atomic E-state index is 0.0331. The molecule has 3 aromatic rings. The molecule has 1 aliphatic carbocycles. The largest absolute Gasteiger partial charge is 0.482 e. The monoisotopic (exact) mass is 409 g/mol. The molecule has 0 saturated heterocycles. The van der Waals surface area contributed by atoms with Crippen molar-refractivity contribution in [2.45, 2.75) is 51.7 Å². The molecule has 30 heavy (non-hydrogen) atoms. The predicted molar refractivity (Wildman–Crippen MR) is 108 cm³/mol. The molecule has 8 heteroatoms. The van der Waals surface area contributed by atoms with Gasteiger partial charge in [0.15, 0.2) is 0 Å². The third-order valence-corrected chi connectivity index (χ3v) is 5.16. The molecule has 0 aliphatic heterocycles. The van der Waals surface area contributed by atoms with Crippen LogP contribution < -0.4 is 15.5 Å². The zero-order chi connectivity index (χ0) is 20.9. The summed E-state index contributed by atoms with van der Waals surface area (Å²) in [6.07, 6.45) is 6.79. The molecule has 2 aromatic heterocycles. The lowest BCUT2D eigenvalue weighted by molar-refractivity contribution is 0.0883. The van der Waals surface area contributed by atoms with Crippen LogP contribution in [0.4, 0.5) is 0 Å². The lowest BCUT2D eigenvalue weighted by Gasteiger charge is -2.21. The van der Waals surface area contributed by atoms with E-state index < -0.39 is 0 Å². The van der Waals surface area contributed by atoms with Crippen LogP contribution in [-0.2, 0) is 6.61 Å². The van der Waals surface area contributed by atoms with E-state index >= 15 is 0 Å². The molecule has 0 bridgehead atoms. The van der Waals surface area contributed by atoms with Crippen LogP contribution in [0.15, 0.2) is 50.3 Å². The summed E-state index contributed by atoms with van der Waals surface area (Å²) in [5, 5.41) is 6.88. The highest BCUT2D eigenvalue weighted by atomic mass is 16.5. The molecular weight excluding hydrogens is 386 g/mol. The summed E-state index contributed by atoms with van der Waals surface area (Å²) in [5.41, 5.74) is 1.36. The van der Waals surface area contributed by atoms with Gasteiger partial charge in [0.1, 0.15) is 12.4 Å². The van der Waals surface area contributed by atoms with Gasteiger partial charge in [0, 0.05) is 17.7 Å².